The van der Waals surface area contributed by atoms with Gasteiger partial charge in [-0.05, 0) is 45.6 Å². The van der Waals surface area contributed by atoms with Crippen LogP contribution in [0.5, 0.6) is 0 Å². The van der Waals surface area contributed by atoms with Crippen molar-refractivity contribution in [2.24, 2.45) is 11.7 Å². The highest BCUT2D eigenvalue weighted by Gasteiger charge is 2.44. The molecule has 3 nitrogen and oxygen atoms in total. The highest BCUT2D eigenvalue weighted by atomic mass is 15.3. The number of fused-ring (bicyclic) bond motifs is 1. The lowest BCUT2D eigenvalue weighted by Gasteiger charge is -2.51. The highest BCUT2D eigenvalue weighted by molar-refractivity contribution is 5.00. The number of hydrogen-bond acceptors (Lipinski definition) is 3. The molecule has 18 heavy (non-hydrogen) atoms. The Labute approximate surface area is 112 Å². The minimum atomic E-state index is 0.245. The molecular formula is C15H29N3. The van der Waals surface area contributed by atoms with E-state index in [-0.39, 0.29) is 5.54 Å². The zero-order valence-corrected chi connectivity index (χ0v) is 12.1. The van der Waals surface area contributed by atoms with Gasteiger partial charge >= 0.3 is 0 Å². The fourth-order valence-electron chi connectivity index (χ4n) is 4.20. The van der Waals surface area contributed by atoms with E-state index in [4.69, 9.17) is 5.73 Å². The van der Waals surface area contributed by atoms with Crippen LogP contribution in [0.1, 0.15) is 46.0 Å². The van der Waals surface area contributed by atoms with Crippen LogP contribution in [0.25, 0.3) is 0 Å². The summed E-state index contributed by atoms with van der Waals surface area (Å²) >= 11 is 0. The van der Waals surface area contributed by atoms with Crippen molar-refractivity contribution < 1.29 is 0 Å². The summed E-state index contributed by atoms with van der Waals surface area (Å²) in [7, 11) is 0. The van der Waals surface area contributed by atoms with E-state index in [9.17, 15) is 0 Å². The van der Waals surface area contributed by atoms with E-state index in [2.05, 4.69) is 23.6 Å². The maximum absolute atomic E-state index is 6.16. The first-order valence-corrected chi connectivity index (χ1v) is 7.83. The summed E-state index contributed by atoms with van der Waals surface area (Å²) in [6, 6.07) is 1.48. The van der Waals surface area contributed by atoms with E-state index in [1.165, 1.54) is 51.7 Å². The van der Waals surface area contributed by atoms with Crippen molar-refractivity contribution in [1.29, 1.82) is 0 Å². The monoisotopic (exact) mass is 251 g/mol. The molecule has 0 amide bonds. The van der Waals surface area contributed by atoms with Crippen molar-refractivity contribution in [3.05, 3.63) is 0 Å². The van der Waals surface area contributed by atoms with Gasteiger partial charge in [0, 0.05) is 37.3 Å². The molecule has 2 N–H and O–H groups in total. The summed E-state index contributed by atoms with van der Waals surface area (Å²) in [6.45, 7) is 9.46. The number of nitrogens with zero attached hydrogens (tertiary/aromatic N) is 2. The molecule has 0 radical (unpaired) electrons. The van der Waals surface area contributed by atoms with Crippen LogP contribution < -0.4 is 5.73 Å². The van der Waals surface area contributed by atoms with Gasteiger partial charge in [0.2, 0.25) is 0 Å². The smallest absolute Gasteiger partial charge is 0.0310 e. The Hall–Kier alpha value is -0.120. The van der Waals surface area contributed by atoms with E-state index in [0.29, 0.717) is 6.04 Å². The standard InChI is InChI=1S/C15H29N3/c1-12-9-17-7-3-4-14(17)10-18(12)15(2,11-16)8-13-5-6-13/h12-14H,3-11,16H2,1-2H3. The Balaban J connectivity index is 1.71. The lowest BCUT2D eigenvalue weighted by Crippen LogP contribution is -2.64. The number of hydrogen-bond donors (Lipinski definition) is 1. The van der Waals surface area contributed by atoms with Gasteiger partial charge in [-0.2, -0.15) is 0 Å². The summed E-state index contributed by atoms with van der Waals surface area (Å²) in [6.07, 6.45) is 6.99. The molecular weight excluding hydrogens is 222 g/mol. The van der Waals surface area contributed by atoms with Gasteiger partial charge in [-0.3, -0.25) is 9.80 Å². The molecule has 3 atom stereocenters. The van der Waals surface area contributed by atoms with Crippen molar-refractivity contribution in [1.82, 2.24) is 9.80 Å². The van der Waals surface area contributed by atoms with E-state index < -0.39 is 0 Å². The Bertz CT molecular complexity index is 302. The number of piperazine rings is 1. The second-order valence-corrected chi connectivity index (χ2v) is 7.14. The van der Waals surface area contributed by atoms with E-state index in [1.807, 2.05) is 0 Å². The van der Waals surface area contributed by atoms with Crippen LogP contribution in [0.15, 0.2) is 0 Å². The van der Waals surface area contributed by atoms with Crippen LogP contribution in [0.3, 0.4) is 0 Å². The Morgan fingerprint density at radius 2 is 2.00 bits per heavy atom. The first kappa shape index (κ1) is 12.9. The minimum Gasteiger partial charge on any atom is -0.329 e. The van der Waals surface area contributed by atoms with E-state index in [0.717, 1.165) is 18.5 Å². The minimum absolute atomic E-state index is 0.245. The molecule has 3 unspecified atom stereocenters. The van der Waals surface area contributed by atoms with Crippen LogP contribution in [0.2, 0.25) is 0 Å². The van der Waals surface area contributed by atoms with Crippen molar-refractivity contribution in [3.63, 3.8) is 0 Å². The van der Waals surface area contributed by atoms with Crippen molar-refractivity contribution in [3.8, 4) is 0 Å². The Kier molecular flexibility index (Phi) is 3.41. The summed E-state index contributed by atoms with van der Waals surface area (Å²) in [5, 5.41) is 0. The third-order valence-corrected chi connectivity index (χ3v) is 5.50. The number of rotatable bonds is 4. The predicted molar refractivity (Wildman–Crippen MR) is 75.6 cm³/mol. The molecule has 1 saturated carbocycles. The second kappa shape index (κ2) is 4.77. The fraction of sp³-hybridized carbons (Fsp3) is 1.00. The molecule has 1 aliphatic carbocycles. The molecule has 3 heteroatoms. The average Bonchev–Trinajstić information content (AvgIpc) is 3.04. The maximum Gasteiger partial charge on any atom is 0.0310 e. The lowest BCUT2D eigenvalue weighted by molar-refractivity contribution is -0.0186. The zero-order chi connectivity index (χ0) is 12.8. The van der Waals surface area contributed by atoms with Gasteiger partial charge in [-0.25, -0.2) is 0 Å². The number of nitrogens with two attached hydrogens (primary N) is 1. The van der Waals surface area contributed by atoms with E-state index >= 15 is 0 Å². The van der Waals surface area contributed by atoms with Crippen molar-refractivity contribution >= 4 is 0 Å². The van der Waals surface area contributed by atoms with Crippen LogP contribution in [-0.4, -0.2) is 53.6 Å². The molecule has 0 aromatic rings. The predicted octanol–water partition coefficient (Wildman–Crippen LogP) is 1.67. The third kappa shape index (κ3) is 2.33. The molecule has 104 valence electrons. The molecule has 2 heterocycles. The summed E-state index contributed by atoms with van der Waals surface area (Å²) in [4.78, 5) is 5.45. The SMILES string of the molecule is CC1CN2CCCC2CN1C(C)(CN)CC1CC1. The quantitative estimate of drug-likeness (QED) is 0.825. The molecule has 3 aliphatic rings. The maximum atomic E-state index is 6.16. The van der Waals surface area contributed by atoms with Crippen molar-refractivity contribution in [2.75, 3.05) is 26.2 Å². The molecule has 0 aromatic heterocycles. The van der Waals surface area contributed by atoms with Crippen LogP contribution in [0, 0.1) is 5.92 Å². The summed E-state index contributed by atoms with van der Waals surface area (Å²) in [5.41, 5.74) is 6.40. The molecule has 3 rings (SSSR count). The largest absolute Gasteiger partial charge is 0.329 e. The second-order valence-electron chi connectivity index (χ2n) is 7.14. The van der Waals surface area contributed by atoms with Gasteiger partial charge in [0.15, 0.2) is 0 Å². The van der Waals surface area contributed by atoms with Gasteiger partial charge in [-0.1, -0.05) is 12.8 Å². The van der Waals surface area contributed by atoms with Gasteiger partial charge in [-0.15, -0.1) is 0 Å². The fourth-order valence-corrected chi connectivity index (χ4v) is 4.20. The lowest BCUT2D eigenvalue weighted by atomic mass is 9.89. The highest BCUT2D eigenvalue weighted by Crippen LogP contribution is 2.40. The van der Waals surface area contributed by atoms with Crippen LogP contribution in [0.4, 0.5) is 0 Å². The molecule has 2 saturated heterocycles. The van der Waals surface area contributed by atoms with Crippen LogP contribution in [-0.2, 0) is 0 Å². The van der Waals surface area contributed by atoms with Gasteiger partial charge < -0.3 is 5.73 Å². The first-order chi connectivity index (χ1) is 8.62. The van der Waals surface area contributed by atoms with Gasteiger partial charge in [0.25, 0.3) is 0 Å². The molecule has 2 aliphatic heterocycles. The van der Waals surface area contributed by atoms with Gasteiger partial charge in [0.1, 0.15) is 0 Å². The normalized spacial score (nSPS) is 37.5. The first-order valence-electron chi connectivity index (χ1n) is 7.83. The third-order valence-electron chi connectivity index (χ3n) is 5.50. The zero-order valence-electron chi connectivity index (χ0n) is 12.1. The summed E-state index contributed by atoms with van der Waals surface area (Å²) in [5.74, 6) is 0.965. The molecule has 0 bridgehead atoms. The topological polar surface area (TPSA) is 32.5 Å². The van der Waals surface area contributed by atoms with Crippen molar-refractivity contribution in [2.45, 2.75) is 63.6 Å². The Morgan fingerprint density at radius 3 is 2.67 bits per heavy atom. The van der Waals surface area contributed by atoms with Crippen LogP contribution >= 0.6 is 0 Å². The average molecular weight is 251 g/mol. The van der Waals surface area contributed by atoms with Gasteiger partial charge in [0.05, 0.1) is 0 Å². The Morgan fingerprint density at radius 1 is 1.22 bits per heavy atom. The molecule has 0 spiro atoms. The van der Waals surface area contributed by atoms with E-state index in [1.54, 1.807) is 0 Å². The summed E-state index contributed by atoms with van der Waals surface area (Å²) < 4.78 is 0. The molecule has 0 aromatic carbocycles. The molecule has 3 fully saturated rings.